The van der Waals surface area contributed by atoms with Gasteiger partial charge in [0.1, 0.15) is 0 Å². The first kappa shape index (κ1) is 16.3. The van der Waals surface area contributed by atoms with Crippen LogP contribution in [0.3, 0.4) is 0 Å². The number of H-pyrrole nitrogens is 1. The van der Waals surface area contributed by atoms with E-state index >= 15 is 0 Å². The van der Waals surface area contributed by atoms with E-state index < -0.39 is 0 Å². The number of aryl methyl sites for hydroxylation is 3. The van der Waals surface area contributed by atoms with Gasteiger partial charge in [-0.25, -0.2) is 0 Å². The molecule has 0 saturated carbocycles. The summed E-state index contributed by atoms with van der Waals surface area (Å²) in [4.78, 5) is 26.2. The second-order valence-electron chi connectivity index (χ2n) is 5.57. The van der Waals surface area contributed by atoms with Crippen LogP contribution < -0.4 is 10.9 Å². The van der Waals surface area contributed by atoms with E-state index in [-0.39, 0.29) is 17.2 Å². The minimum atomic E-state index is -0.225. The summed E-state index contributed by atoms with van der Waals surface area (Å²) in [6.45, 7) is 5.73. The van der Waals surface area contributed by atoms with E-state index in [0.29, 0.717) is 10.9 Å². The van der Waals surface area contributed by atoms with Gasteiger partial charge in [0.05, 0.1) is 5.75 Å². The van der Waals surface area contributed by atoms with Crippen molar-refractivity contribution in [2.75, 3.05) is 11.1 Å². The molecular weight excluding hydrogens is 326 g/mol. The first-order chi connectivity index (χ1) is 11.4. The highest BCUT2D eigenvalue weighted by molar-refractivity contribution is 7.99. The maximum Gasteiger partial charge on any atom is 0.252 e. The maximum atomic E-state index is 12.2. The lowest BCUT2D eigenvalue weighted by molar-refractivity contribution is -0.113. The predicted octanol–water partition coefficient (Wildman–Crippen LogP) is 2.07. The van der Waals surface area contributed by atoms with Crippen molar-refractivity contribution in [3.8, 4) is 0 Å². The zero-order valence-corrected chi connectivity index (χ0v) is 14.4. The Hall–Kier alpha value is -2.61. The van der Waals surface area contributed by atoms with Crippen LogP contribution >= 0.6 is 11.8 Å². The van der Waals surface area contributed by atoms with Crippen LogP contribution in [0.5, 0.6) is 0 Å². The Morgan fingerprint density at radius 3 is 2.83 bits per heavy atom. The minimum absolute atomic E-state index is 0.118. The molecule has 0 aliphatic heterocycles. The van der Waals surface area contributed by atoms with E-state index in [1.54, 1.807) is 11.3 Å². The molecule has 0 aliphatic carbocycles. The van der Waals surface area contributed by atoms with Crippen molar-refractivity contribution in [1.82, 2.24) is 19.6 Å². The van der Waals surface area contributed by atoms with Gasteiger partial charge in [-0.3, -0.25) is 19.0 Å². The summed E-state index contributed by atoms with van der Waals surface area (Å²) in [6.07, 6.45) is 0. The molecule has 2 heterocycles. The van der Waals surface area contributed by atoms with E-state index in [1.165, 1.54) is 17.8 Å². The number of nitrogens with one attached hydrogen (secondary N) is 2. The Morgan fingerprint density at radius 2 is 2.04 bits per heavy atom. The normalized spacial score (nSPS) is 11.0. The highest BCUT2D eigenvalue weighted by Gasteiger charge is 2.12. The Morgan fingerprint density at radius 1 is 1.25 bits per heavy atom. The quantitative estimate of drug-likeness (QED) is 0.708. The molecule has 2 aromatic heterocycles. The Balaban J connectivity index is 1.73. The number of thioether (sulfide) groups is 1. The van der Waals surface area contributed by atoms with Gasteiger partial charge in [0.25, 0.3) is 5.56 Å². The number of rotatable bonds is 4. The van der Waals surface area contributed by atoms with Crippen LogP contribution in [0.15, 0.2) is 34.2 Å². The van der Waals surface area contributed by atoms with Crippen LogP contribution in [0.4, 0.5) is 5.69 Å². The third kappa shape index (κ3) is 3.33. The molecule has 124 valence electrons. The fourth-order valence-corrected chi connectivity index (χ4v) is 3.14. The second-order valence-corrected chi connectivity index (χ2v) is 6.51. The smallest absolute Gasteiger partial charge is 0.252 e. The Labute approximate surface area is 142 Å². The molecule has 0 fully saturated rings. The molecule has 24 heavy (non-hydrogen) atoms. The molecule has 7 nitrogen and oxygen atoms in total. The monoisotopic (exact) mass is 343 g/mol. The summed E-state index contributed by atoms with van der Waals surface area (Å²) in [5.74, 6) is 0.456. The molecular formula is C16H17N5O2S. The molecule has 8 heteroatoms. The summed E-state index contributed by atoms with van der Waals surface area (Å²) in [7, 11) is 0. The maximum absolute atomic E-state index is 12.2. The highest BCUT2D eigenvalue weighted by atomic mass is 32.2. The van der Waals surface area contributed by atoms with Gasteiger partial charge in [-0.15, -0.1) is 10.2 Å². The van der Waals surface area contributed by atoms with E-state index in [4.69, 9.17) is 0 Å². The SMILES string of the molecule is Cc1ccc(C)c(NC(=O)CSc2nnc3[nH]c(=O)cc(C)n23)c1. The van der Waals surface area contributed by atoms with Gasteiger partial charge in [-0.1, -0.05) is 23.9 Å². The summed E-state index contributed by atoms with van der Waals surface area (Å²) in [6, 6.07) is 7.39. The number of carbonyl (C=O) groups excluding carboxylic acids is 1. The zero-order chi connectivity index (χ0) is 17.3. The van der Waals surface area contributed by atoms with Gasteiger partial charge in [-0.05, 0) is 38.0 Å². The largest absolute Gasteiger partial charge is 0.325 e. The molecule has 3 aromatic rings. The first-order valence-electron chi connectivity index (χ1n) is 7.39. The predicted molar refractivity (Wildman–Crippen MR) is 93.6 cm³/mol. The number of hydrogen-bond acceptors (Lipinski definition) is 5. The number of anilines is 1. The average Bonchev–Trinajstić information content (AvgIpc) is 2.92. The number of carbonyl (C=O) groups is 1. The third-order valence-electron chi connectivity index (χ3n) is 3.56. The summed E-state index contributed by atoms with van der Waals surface area (Å²) >= 11 is 1.27. The number of aromatic amines is 1. The third-order valence-corrected chi connectivity index (χ3v) is 4.49. The van der Waals surface area contributed by atoms with Crippen molar-refractivity contribution in [3.63, 3.8) is 0 Å². The molecule has 1 amide bonds. The van der Waals surface area contributed by atoms with Crippen LogP contribution in [0.1, 0.15) is 16.8 Å². The number of amides is 1. The lowest BCUT2D eigenvalue weighted by Crippen LogP contribution is -2.15. The van der Waals surface area contributed by atoms with Gasteiger partial charge < -0.3 is 5.32 Å². The van der Waals surface area contributed by atoms with E-state index in [9.17, 15) is 9.59 Å². The molecule has 0 spiro atoms. The molecule has 0 aliphatic rings. The standard InChI is InChI=1S/C16H17N5O2S/c1-9-4-5-10(2)12(6-9)17-14(23)8-24-16-20-19-15-18-13(22)7-11(3)21(15)16/h4-7H,8H2,1-3H3,(H,17,23)(H,18,19,22). The Bertz CT molecular complexity index is 976. The van der Waals surface area contributed by atoms with Crippen molar-refractivity contribution in [2.45, 2.75) is 25.9 Å². The Kier molecular flexibility index (Phi) is 4.39. The molecule has 0 saturated heterocycles. The van der Waals surface area contributed by atoms with E-state index in [1.807, 2.05) is 32.0 Å². The topological polar surface area (TPSA) is 92.2 Å². The lowest BCUT2D eigenvalue weighted by atomic mass is 10.1. The van der Waals surface area contributed by atoms with Gasteiger partial charge in [0.2, 0.25) is 11.7 Å². The number of aromatic nitrogens is 4. The molecule has 0 bridgehead atoms. The fraction of sp³-hybridized carbons (Fsp3) is 0.250. The molecule has 1 aromatic carbocycles. The fourth-order valence-electron chi connectivity index (χ4n) is 2.35. The summed E-state index contributed by atoms with van der Waals surface area (Å²) in [5.41, 5.74) is 3.41. The van der Waals surface area contributed by atoms with Gasteiger partial charge in [0, 0.05) is 17.4 Å². The molecule has 0 unspecified atom stereocenters. The lowest BCUT2D eigenvalue weighted by Gasteiger charge is -2.09. The molecule has 3 rings (SSSR count). The summed E-state index contributed by atoms with van der Waals surface area (Å²) in [5, 5.41) is 11.4. The number of benzene rings is 1. The van der Waals surface area contributed by atoms with Crippen molar-refractivity contribution < 1.29 is 4.79 Å². The van der Waals surface area contributed by atoms with Crippen LogP contribution in [0.25, 0.3) is 5.78 Å². The molecule has 0 radical (unpaired) electrons. The van der Waals surface area contributed by atoms with Crippen LogP contribution in [0.2, 0.25) is 0 Å². The van der Waals surface area contributed by atoms with Crippen LogP contribution in [-0.2, 0) is 4.79 Å². The number of fused-ring (bicyclic) bond motifs is 1. The van der Waals surface area contributed by atoms with Crippen LogP contribution in [0, 0.1) is 20.8 Å². The van der Waals surface area contributed by atoms with Gasteiger partial charge >= 0.3 is 0 Å². The van der Waals surface area contributed by atoms with E-state index in [0.717, 1.165) is 22.5 Å². The van der Waals surface area contributed by atoms with Crippen molar-refractivity contribution in [2.24, 2.45) is 0 Å². The molecule has 0 atom stereocenters. The zero-order valence-electron chi connectivity index (χ0n) is 13.6. The van der Waals surface area contributed by atoms with Crippen molar-refractivity contribution in [1.29, 1.82) is 0 Å². The van der Waals surface area contributed by atoms with Gasteiger partial charge in [0.15, 0.2) is 5.16 Å². The first-order valence-corrected chi connectivity index (χ1v) is 8.37. The highest BCUT2D eigenvalue weighted by Crippen LogP contribution is 2.19. The van der Waals surface area contributed by atoms with Crippen LogP contribution in [-0.4, -0.2) is 31.2 Å². The molecule has 2 N–H and O–H groups in total. The van der Waals surface area contributed by atoms with Gasteiger partial charge in [-0.2, -0.15) is 0 Å². The van der Waals surface area contributed by atoms with Crippen molar-refractivity contribution in [3.05, 3.63) is 51.4 Å². The van der Waals surface area contributed by atoms with Crippen molar-refractivity contribution >= 4 is 29.1 Å². The minimum Gasteiger partial charge on any atom is -0.325 e. The number of hydrogen-bond donors (Lipinski definition) is 2. The van der Waals surface area contributed by atoms with E-state index in [2.05, 4.69) is 20.5 Å². The second kappa shape index (κ2) is 6.48. The summed E-state index contributed by atoms with van der Waals surface area (Å²) < 4.78 is 1.72. The average molecular weight is 343 g/mol. The number of nitrogens with zero attached hydrogens (tertiary/aromatic N) is 3.